The van der Waals surface area contributed by atoms with E-state index in [1.54, 1.807) is 7.05 Å². The zero-order valence-electron chi connectivity index (χ0n) is 24.3. The van der Waals surface area contributed by atoms with Gasteiger partial charge in [0.15, 0.2) is 6.29 Å². The van der Waals surface area contributed by atoms with Crippen LogP contribution in [0.4, 0.5) is 0 Å². The first kappa shape index (κ1) is 32.1. The molecule has 1 aromatic carbocycles. The average molecular weight is 505 g/mol. The predicted molar refractivity (Wildman–Crippen MR) is 147 cm³/mol. The summed E-state index contributed by atoms with van der Waals surface area (Å²) in [5, 5.41) is 5.50. The van der Waals surface area contributed by atoms with E-state index in [4.69, 9.17) is 9.47 Å². The summed E-state index contributed by atoms with van der Waals surface area (Å²) in [4.78, 5) is 22.6. The molecular formula is C30H52N2O4. The van der Waals surface area contributed by atoms with Crippen molar-refractivity contribution < 1.29 is 19.1 Å². The molecule has 0 radical (unpaired) electrons. The number of ether oxygens (including phenoxy) is 2. The molecule has 6 nitrogen and oxygen atoms in total. The lowest BCUT2D eigenvalue weighted by Gasteiger charge is -2.46. The van der Waals surface area contributed by atoms with Crippen LogP contribution in [0.2, 0.25) is 0 Å². The van der Waals surface area contributed by atoms with E-state index in [1.807, 2.05) is 37.3 Å². The highest BCUT2D eigenvalue weighted by Crippen LogP contribution is 2.39. The third-order valence-electron chi connectivity index (χ3n) is 8.26. The van der Waals surface area contributed by atoms with Gasteiger partial charge >= 0.3 is 0 Å². The number of carbonyl (C=O) groups excluding carboxylic acids is 2. The van der Waals surface area contributed by atoms with Gasteiger partial charge in [-0.25, -0.2) is 0 Å². The Kier molecular flexibility index (Phi) is 14.3. The highest BCUT2D eigenvalue weighted by molar-refractivity contribution is 5.78. The van der Waals surface area contributed by atoms with Crippen LogP contribution in [0, 0.1) is 35.5 Å². The first-order valence-electron chi connectivity index (χ1n) is 13.8. The van der Waals surface area contributed by atoms with E-state index in [-0.39, 0.29) is 42.1 Å². The number of nitrogens with one attached hydrogen (secondary N) is 2. The molecule has 36 heavy (non-hydrogen) atoms. The van der Waals surface area contributed by atoms with Crippen molar-refractivity contribution in [1.82, 2.24) is 10.6 Å². The molecule has 1 aromatic rings. The molecule has 206 valence electrons. The Balaban J connectivity index is 0.00000118. The molecule has 1 fully saturated rings. The smallest absolute Gasteiger partial charge is 0.223 e. The summed E-state index contributed by atoms with van der Waals surface area (Å²) in [6, 6.07) is 10.1. The Labute approximate surface area is 220 Å². The fraction of sp³-hybridized carbons (Fsp3) is 0.733. The normalized spacial score (nSPS) is 27.0. The van der Waals surface area contributed by atoms with Crippen molar-refractivity contribution in [3.8, 4) is 0 Å². The highest BCUT2D eigenvalue weighted by atomic mass is 16.7. The van der Waals surface area contributed by atoms with Gasteiger partial charge < -0.3 is 20.1 Å². The maximum absolute atomic E-state index is 12.9. The summed E-state index contributed by atoms with van der Waals surface area (Å²) in [5.41, 5.74) is 1.11. The molecule has 0 aromatic heterocycles. The van der Waals surface area contributed by atoms with Crippen molar-refractivity contribution in [3.63, 3.8) is 0 Å². The van der Waals surface area contributed by atoms with Crippen LogP contribution in [-0.4, -0.2) is 37.4 Å². The third-order valence-corrected chi connectivity index (χ3v) is 8.26. The Bertz CT molecular complexity index is 769. The van der Waals surface area contributed by atoms with Gasteiger partial charge in [-0.15, -0.1) is 0 Å². The van der Waals surface area contributed by atoms with E-state index in [0.717, 1.165) is 18.4 Å². The molecule has 9 atom stereocenters. The second-order valence-electron chi connectivity index (χ2n) is 10.7. The fourth-order valence-electron chi connectivity index (χ4n) is 4.74. The van der Waals surface area contributed by atoms with Crippen LogP contribution >= 0.6 is 0 Å². The van der Waals surface area contributed by atoms with Gasteiger partial charge in [0.1, 0.15) is 0 Å². The number of benzene rings is 1. The van der Waals surface area contributed by atoms with Crippen LogP contribution in [0.25, 0.3) is 0 Å². The molecule has 1 aliphatic heterocycles. The molecule has 1 saturated heterocycles. The van der Waals surface area contributed by atoms with Crippen molar-refractivity contribution in [1.29, 1.82) is 0 Å². The largest absolute Gasteiger partial charge is 0.359 e. The van der Waals surface area contributed by atoms with Crippen molar-refractivity contribution >= 4 is 11.8 Å². The fourth-order valence-corrected chi connectivity index (χ4v) is 4.74. The van der Waals surface area contributed by atoms with E-state index in [9.17, 15) is 9.59 Å². The molecule has 2 N–H and O–H groups in total. The Morgan fingerprint density at radius 1 is 1.00 bits per heavy atom. The Morgan fingerprint density at radius 3 is 2.08 bits per heavy atom. The predicted octanol–water partition coefficient (Wildman–Crippen LogP) is 5.80. The summed E-state index contributed by atoms with van der Waals surface area (Å²) in [5.74, 6) is 1.80. The van der Waals surface area contributed by atoms with Crippen LogP contribution < -0.4 is 10.6 Å². The monoisotopic (exact) mass is 504 g/mol. The summed E-state index contributed by atoms with van der Waals surface area (Å²) in [6.45, 7) is 19.7. The van der Waals surface area contributed by atoms with E-state index in [0.29, 0.717) is 30.2 Å². The zero-order valence-corrected chi connectivity index (χ0v) is 24.3. The standard InChI is InChI=1S/C27H45NO3.C3H7NO/c1-9-17(3)25(31-27-22(8)18(4)19(5)24(10-2)30-27)20(6)21(7)26(29)28-16-23-14-12-11-13-15-23;1-3(5)4-2/h11-15,17-22,24-25,27H,9-10,16H2,1-8H3,(H,28,29);1-2H3,(H,4,5). The minimum atomic E-state index is -0.211. The van der Waals surface area contributed by atoms with Gasteiger partial charge in [-0.2, -0.15) is 0 Å². The van der Waals surface area contributed by atoms with Crippen molar-refractivity contribution in [2.45, 2.75) is 100 Å². The maximum atomic E-state index is 12.9. The molecule has 0 bridgehead atoms. The van der Waals surface area contributed by atoms with Crippen LogP contribution in [0.5, 0.6) is 0 Å². The molecule has 2 amide bonds. The van der Waals surface area contributed by atoms with Gasteiger partial charge in [0.25, 0.3) is 0 Å². The molecule has 1 heterocycles. The average Bonchev–Trinajstić information content (AvgIpc) is 2.89. The molecule has 2 rings (SSSR count). The quantitative estimate of drug-likeness (QED) is 0.422. The molecule has 6 heteroatoms. The number of hydrogen-bond donors (Lipinski definition) is 2. The Hall–Kier alpha value is -1.92. The zero-order chi connectivity index (χ0) is 27.4. The first-order chi connectivity index (χ1) is 17.0. The minimum absolute atomic E-state index is 0.00463. The summed E-state index contributed by atoms with van der Waals surface area (Å²) in [7, 11) is 1.60. The van der Waals surface area contributed by atoms with Crippen LogP contribution in [0.15, 0.2) is 30.3 Å². The molecular weight excluding hydrogens is 452 g/mol. The lowest BCUT2D eigenvalue weighted by Crippen LogP contribution is -2.49. The summed E-state index contributed by atoms with van der Waals surface area (Å²) in [6.07, 6.45) is 2.01. The van der Waals surface area contributed by atoms with Gasteiger partial charge in [0, 0.05) is 32.4 Å². The molecule has 0 saturated carbocycles. The first-order valence-corrected chi connectivity index (χ1v) is 13.8. The van der Waals surface area contributed by atoms with Crippen LogP contribution in [0.3, 0.4) is 0 Å². The topological polar surface area (TPSA) is 76.7 Å². The number of rotatable bonds is 10. The van der Waals surface area contributed by atoms with Crippen molar-refractivity contribution in [3.05, 3.63) is 35.9 Å². The Morgan fingerprint density at radius 2 is 1.58 bits per heavy atom. The summed E-state index contributed by atoms with van der Waals surface area (Å²) >= 11 is 0. The van der Waals surface area contributed by atoms with Gasteiger partial charge in [-0.3, -0.25) is 9.59 Å². The van der Waals surface area contributed by atoms with E-state index in [1.165, 1.54) is 6.92 Å². The van der Waals surface area contributed by atoms with E-state index in [2.05, 4.69) is 59.1 Å². The van der Waals surface area contributed by atoms with E-state index >= 15 is 0 Å². The third kappa shape index (κ3) is 9.51. The molecule has 0 aliphatic carbocycles. The minimum Gasteiger partial charge on any atom is -0.359 e. The lowest BCUT2D eigenvalue weighted by molar-refractivity contribution is -0.277. The molecule has 1 aliphatic rings. The number of carbonyl (C=O) groups is 2. The van der Waals surface area contributed by atoms with Crippen molar-refractivity contribution in [2.75, 3.05) is 7.05 Å². The van der Waals surface area contributed by atoms with Crippen LogP contribution in [0.1, 0.15) is 80.7 Å². The lowest BCUT2D eigenvalue weighted by atomic mass is 9.78. The SMILES string of the molecule is CCC(C)C(OC1OC(CC)C(C)C(C)C1C)C(C)C(C)C(=O)NCc1ccccc1.CNC(C)=O. The number of amides is 2. The second-order valence-corrected chi connectivity index (χ2v) is 10.7. The highest BCUT2D eigenvalue weighted by Gasteiger charge is 2.42. The van der Waals surface area contributed by atoms with Gasteiger partial charge in [-0.1, -0.05) is 92.1 Å². The van der Waals surface area contributed by atoms with Gasteiger partial charge in [-0.05, 0) is 35.7 Å². The van der Waals surface area contributed by atoms with Gasteiger partial charge in [0.2, 0.25) is 11.8 Å². The second kappa shape index (κ2) is 16.0. The molecule has 0 spiro atoms. The van der Waals surface area contributed by atoms with Crippen molar-refractivity contribution in [2.24, 2.45) is 35.5 Å². The van der Waals surface area contributed by atoms with Gasteiger partial charge in [0.05, 0.1) is 12.2 Å². The number of hydrogen-bond acceptors (Lipinski definition) is 4. The summed E-state index contributed by atoms with van der Waals surface area (Å²) < 4.78 is 13.1. The van der Waals surface area contributed by atoms with Crippen LogP contribution in [-0.2, 0) is 25.6 Å². The van der Waals surface area contributed by atoms with E-state index < -0.39 is 0 Å². The molecule has 9 unspecified atom stereocenters. The maximum Gasteiger partial charge on any atom is 0.223 e.